The van der Waals surface area contributed by atoms with Gasteiger partial charge in [-0.2, -0.15) is 0 Å². The van der Waals surface area contributed by atoms with Crippen LogP contribution in [-0.4, -0.2) is 114 Å². The van der Waals surface area contributed by atoms with Gasteiger partial charge in [0.05, 0.1) is 44.2 Å². The summed E-state index contributed by atoms with van der Waals surface area (Å²) in [5.74, 6) is -0.466. The zero-order chi connectivity index (χ0) is 43.6. The van der Waals surface area contributed by atoms with Crippen molar-refractivity contribution in [3.05, 3.63) is 41.5 Å². The minimum absolute atomic E-state index is 0.0154. The number of ketones is 1. The Bertz CT molecular complexity index is 1820. The van der Waals surface area contributed by atoms with E-state index >= 15 is 0 Å². The van der Waals surface area contributed by atoms with E-state index in [0.29, 0.717) is 36.8 Å². The van der Waals surface area contributed by atoms with E-state index in [0.717, 1.165) is 38.5 Å². The molecule has 4 aliphatic carbocycles. The van der Waals surface area contributed by atoms with E-state index in [4.69, 9.17) is 37.9 Å². The first-order valence-electron chi connectivity index (χ1n) is 22.6. The molecule has 3 aliphatic heterocycles. The van der Waals surface area contributed by atoms with Crippen molar-refractivity contribution in [1.29, 1.82) is 0 Å². The Morgan fingerprint density at radius 1 is 0.934 bits per heavy atom. The fourth-order valence-electron chi connectivity index (χ4n) is 12.5. The molecule has 17 atom stereocenters. The molecular formula is C47H66O14. The second-order valence-corrected chi connectivity index (χ2v) is 19.9. The summed E-state index contributed by atoms with van der Waals surface area (Å²) in [5, 5.41) is 35.4. The van der Waals surface area contributed by atoms with E-state index in [2.05, 4.69) is 33.8 Å². The molecule has 1 aromatic carbocycles. The van der Waals surface area contributed by atoms with Gasteiger partial charge in [0.2, 0.25) is 0 Å². The van der Waals surface area contributed by atoms with Gasteiger partial charge in [-0.25, -0.2) is 9.59 Å². The van der Waals surface area contributed by atoms with Crippen LogP contribution in [0.4, 0.5) is 4.79 Å². The third-order valence-electron chi connectivity index (χ3n) is 16.2. The number of ether oxygens (including phenoxy) is 8. The molecule has 8 rings (SSSR count). The lowest BCUT2D eigenvalue weighted by molar-refractivity contribution is -0.328. The van der Waals surface area contributed by atoms with Gasteiger partial charge in [0, 0.05) is 23.7 Å². The molecule has 3 saturated carbocycles. The molecular weight excluding hydrogens is 789 g/mol. The van der Waals surface area contributed by atoms with Crippen LogP contribution in [0.3, 0.4) is 0 Å². The van der Waals surface area contributed by atoms with E-state index in [1.54, 1.807) is 24.3 Å². The van der Waals surface area contributed by atoms with Crippen LogP contribution in [0.5, 0.6) is 5.75 Å². The van der Waals surface area contributed by atoms with E-state index in [-0.39, 0.29) is 47.9 Å². The summed E-state index contributed by atoms with van der Waals surface area (Å²) in [6, 6.07) is 6.34. The Morgan fingerprint density at radius 2 is 1.67 bits per heavy atom. The highest BCUT2D eigenvalue weighted by Gasteiger charge is 2.70. The molecule has 0 aromatic heterocycles. The number of Topliss-reactive ketones (excluding diaryl/α,β-unsaturated/α-hetero) is 1. The van der Waals surface area contributed by atoms with Crippen LogP contribution in [0.15, 0.2) is 35.9 Å². The average Bonchev–Trinajstić information content (AvgIpc) is 3.73. The van der Waals surface area contributed by atoms with Crippen molar-refractivity contribution >= 4 is 17.9 Å². The fourth-order valence-corrected chi connectivity index (χ4v) is 12.5. The number of rotatable bonds is 12. The van der Waals surface area contributed by atoms with Gasteiger partial charge in [0.15, 0.2) is 30.9 Å². The molecule has 0 amide bonds. The van der Waals surface area contributed by atoms with E-state index in [9.17, 15) is 29.7 Å². The minimum Gasteiger partial charge on any atom is -0.497 e. The van der Waals surface area contributed by atoms with Gasteiger partial charge in [0.25, 0.3) is 0 Å². The topological polar surface area (TPSA) is 186 Å². The number of allylic oxidation sites excluding steroid dienone is 1. The number of aliphatic hydroxyl groups is 3. The van der Waals surface area contributed by atoms with Gasteiger partial charge in [-0.3, -0.25) is 4.79 Å². The molecule has 6 fully saturated rings. The number of hydrogen-bond donors (Lipinski definition) is 3. The molecule has 0 spiro atoms. The van der Waals surface area contributed by atoms with Crippen molar-refractivity contribution < 1.29 is 67.6 Å². The van der Waals surface area contributed by atoms with Crippen LogP contribution in [-0.2, 0) is 38.0 Å². The average molecular weight is 855 g/mol. The number of fused-ring (bicyclic) bond motifs is 6. The largest absolute Gasteiger partial charge is 0.509 e. The molecule has 3 heterocycles. The third-order valence-corrected chi connectivity index (χ3v) is 16.2. The van der Waals surface area contributed by atoms with E-state index < -0.39 is 84.2 Å². The predicted molar refractivity (Wildman–Crippen MR) is 218 cm³/mol. The molecule has 0 radical (unpaired) electrons. The SMILES string of the molecule is COc1ccc(C(=O)OC2C(OC3C(O)COC(O[C@H]4C[C@H]5[C@@H]6CC=C7C[C@@H](O)CC[C@]7(C)C6CC[C@]5(C)[C@@]4(O)[C@H](C)C(=O)CCC(C)C)C3C)OCC3OC(=O)OC32)cc1. The summed E-state index contributed by atoms with van der Waals surface area (Å²) in [6.07, 6.45) is -0.585. The molecule has 338 valence electrons. The van der Waals surface area contributed by atoms with Crippen molar-refractivity contribution in [3.8, 4) is 5.75 Å². The van der Waals surface area contributed by atoms with Crippen LogP contribution in [0.2, 0.25) is 0 Å². The maximum atomic E-state index is 14.1. The van der Waals surface area contributed by atoms with Crippen LogP contribution in [0.1, 0.15) is 110 Å². The van der Waals surface area contributed by atoms with Gasteiger partial charge in [-0.1, -0.05) is 53.2 Å². The molecule has 61 heavy (non-hydrogen) atoms. The first-order valence-corrected chi connectivity index (χ1v) is 22.6. The van der Waals surface area contributed by atoms with Gasteiger partial charge in [-0.05, 0) is 105 Å². The van der Waals surface area contributed by atoms with Crippen molar-refractivity contribution in [3.63, 3.8) is 0 Å². The molecule has 3 saturated heterocycles. The Labute approximate surface area is 358 Å². The lowest BCUT2D eigenvalue weighted by atomic mass is 9.46. The van der Waals surface area contributed by atoms with Crippen LogP contribution in [0, 0.1) is 46.3 Å². The summed E-state index contributed by atoms with van der Waals surface area (Å²) >= 11 is 0. The number of hydrogen-bond acceptors (Lipinski definition) is 14. The summed E-state index contributed by atoms with van der Waals surface area (Å²) in [6.45, 7) is 12.1. The normalized spacial score (nSPS) is 43.4. The van der Waals surface area contributed by atoms with E-state index in [1.165, 1.54) is 12.7 Å². The smallest absolute Gasteiger partial charge is 0.497 e. The lowest BCUT2D eigenvalue weighted by Gasteiger charge is -2.59. The Morgan fingerprint density at radius 3 is 2.39 bits per heavy atom. The summed E-state index contributed by atoms with van der Waals surface area (Å²) in [7, 11) is 1.52. The second-order valence-electron chi connectivity index (χ2n) is 19.9. The maximum absolute atomic E-state index is 14.1. The van der Waals surface area contributed by atoms with Crippen LogP contribution in [0.25, 0.3) is 0 Å². The number of aliphatic hydroxyl groups excluding tert-OH is 2. The third kappa shape index (κ3) is 7.84. The molecule has 14 heteroatoms. The first-order chi connectivity index (χ1) is 29.0. The minimum atomic E-state index is -1.52. The second kappa shape index (κ2) is 17.1. The van der Waals surface area contributed by atoms with Crippen molar-refractivity contribution in [1.82, 2.24) is 0 Å². The highest BCUT2D eigenvalue weighted by Crippen LogP contribution is 2.69. The summed E-state index contributed by atoms with van der Waals surface area (Å²) in [4.78, 5) is 39.8. The number of carbonyl (C=O) groups excluding carboxylic acids is 3. The molecule has 7 aliphatic rings. The molecule has 14 nitrogen and oxygen atoms in total. The van der Waals surface area contributed by atoms with Crippen LogP contribution >= 0.6 is 0 Å². The quantitative estimate of drug-likeness (QED) is 0.166. The van der Waals surface area contributed by atoms with Gasteiger partial charge >= 0.3 is 12.1 Å². The zero-order valence-corrected chi connectivity index (χ0v) is 36.7. The highest BCUT2D eigenvalue weighted by molar-refractivity contribution is 5.89. The molecule has 1 aromatic rings. The zero-order valence-electron chi connectivity index (χ0n) is 36.7. The van der Waals surface area contributed by atoms with Crippen molar-refractivity contribution in [2.45, 2.75) is 160 Å². The maximum Gasteiger partial charge on any atom is 0.509 e. The summed E-state index contributed by atoms with van der Waals surface area (Å²) in [5.41, 5.74) is -0.598. The van der Waals surface area contributed by atoms with Crippen molar-refractivity contribution in [2.24, 2.45) is 46.3 Å². The Kier molecular flexibility index (Phi) is 12.5. The van der Waals surface area contributed by atoms with Gasteiger partial charge in [0.1, 0.15) is 23.2 Å². The fraction of sp³-hybridized carbons (Fsp3) is 0.766. The molecule has 3 N–H and O–H groups in total. The van der Waals surface area contributed by atoms with Crippen molar-refractivity contribution in [2.75, 3.05) is 20.3 Å². The lowest BCUT2D eigenvalue weighted by Crippen LogP contribution is -2.62. The van der Waals surface area contributed by atoms with Crippen LogP contribution < -0.4 is 4.74 Å². The first kappa shape index (κ1) is 44.5. The Balaban J connectivity index is 1.05. The number of esters is 1. The molecule has 0 bridgehead atoms. The molecule has 9 unspecified atom stereocenters. The number of benzene rings is 1. The number of methoxy groups -OCH3 is 1. The van der Waals surface area contributed by atoms with Gasteiger partial charge < -0.3 is 53.2 Å². The number of carbonyl (C=O) groups is 3. The Hall–Kier alpha value is -3.11. The standard InChI is InChI=1S/C47H66O14/c1-24(2)8-15-34(49)26(4)47(53)37(21-33-31-14-11-28-20-29(48)16-18-45(28,5)32(31)17-19-46(33,47)6)58-42-25(3)38(35(50)22-55-42)60-43-40(39-36(23-56-43)57-44(52)61-39)59-41(51)27-9-12-30(54-7)13-10-27/h9-13,24-26,29,31-33,35-40,42-43,48,50,53H,8,14-23H2,1-7H3/t25?,26-,29+,31-,32?,33+,35?,36?,37+,38?,39?,40?,42?,43?,45+,46+,47-/m1/s1. The monoisotopic (exact) mass is 854 g/mol. The summed E-state index contributed by atoms with van der Waals surface area (Å²) < 4.78 is 47.7. The predicted octanol–water partition coefficient (Wildman–Crippen LogP) is 5.91. The van der Waals surface area contributed by atoms with Gasteiger partial charge in [-0.15, -0.1) is 0 Å². The van der Waals surface area contributed by atoms with E-state index in [1.807, 2.05) is 13.8 Å². The highest BCUT2D eigenvalue weighted by atomic mass is 16.8.